The largest absolute Gasteiger partial charge is 0.396 e. The van der Waals surface area contributed by atoms with Crippen molar-refractivity contribution < 1.29 is 14.4 Å². The van der Waals surface area contributed by atoms with E-state index in [0.29, 0.717) is 42.3 Å². The van der Waals surface area contributed by atoms with Gasteiger partial charge >= 0.3 is 0 Å². The number of rotatable bonds is 8. The molecule has 1 aromatic carbocycles. The first kappa shape index (κ1) is 23.8. The van der Waals surface area contributed by atoms with Crippen LogP contribution < -0.4 is 10.6 Å². The molecule has 1 saturated heterocycles. The second-order valence-electron chi connectivity index (χ2n) is 6.85. The van der Waals surface area contributed by atoms with Crippen LogP contribution in [0, 0.1) is 5.41 Å². The smallest absolute Gasteiger partial charge is 0.248 e. The van der Waals surface area contributed by atoms with Gasteiger partial charge in [-0.3, -0.25) is 0 Å². The average molecular weight is 536 g/mol. The van der Waals surface area contributed by atoms with Crippen LogP contribution in [0.2, 0.25) is 5.02 Å². The lowest BCUT2D eigenvalue weighted by molar-refractivity contribution is 0.127. The van der Waals surface area contributed by atoms with Gasteiger partial charge in [-0.05, 0) is 31.9 Å². The number of ether oxygens (including phenoxy) is 1. The summed E-state index contributed by atoms with van der Waals surface area (Å²) in [6, 6.07) is 7.30. The molecule has 1 aliphatic heterocycles. The summed E-state index contributed by atoms with van der Waals surface area (Å²) in [5.74, 6) is 1.56. The molecule has 0 bridgehead atoms. The third-order valence-corrected chi connectivity index (χ3v) is 4.96. The molecule has 8 nitrogen and oxygen atoms in total. The summed E-state index contributed by atoms with van der Waals surface area (Å²) >= 11 is 6.01. The Bertz CT molecular complexity index is 796. The van der Waals surface area contributed by atoms with Gasteiger partial charge in [0.2, 0.25) is 11.7 Å². The molecule has 1 atom stereocenters. The van der Waals surface area contributed by atoms with Gasteiger partial charge in [0.15, 0.2) is 5.96 Å². The lowest BCUT2D eigenvalue weighted by Crippen LogP contribution is -2.44. The number of hydrogen-bond donors (Lipinski definition) is 3. The van der Waals surface area contributed by atoms with Gasteiger partial charge in [0.25, 0.3) is 0 Å². The number of aliphatic imine (C=N–C) groups is 1. The number of aromatic nitrogens is 2. The molecule has 2 heterocycles. The zero-order valence-electron chi connectivity index (χ0n) is 16.4. The summed E-state index contributed by atoms with van der Waals surface area (Å²) in [6.45, 7) is 5.18. The summed E-state index contributed by atoms with van der Waals surface area (Å²) in [7, 11) is 0. The van der Waals surface area contributed by atoms with Gasteiger partial charge in [0.1, 0.15) is 6.54 Å². The first-order valence-electron chi connectivity index (χ1n) is 9.43. The fourth-order valence-electron chi connectivity index (χ4n) is 3.14. The topological polar surface area (TPSA) is 105 Å². The average Bonchev–Trinajstić information content (AvgIpc) is 3.35. The van der Waals surface area contributed by atoms with E-state index in [2.05, 4.69) is 25.8 Å². The molecule has 0 radical (unpaired) electrons. The molecule has 0 amide bonds. The van der Waals surface area contributed by atoms with Crippen molar-refractivity contribution >= 4 is 41.5 Å². The summed E-state index contributed by atoms with van der Waals surface area (Å²) in [5, 5.41) is 20.5. The zero-order valence-corrected chi connectivity index (χ0v) is 19.4. The third-order valence-electron chi connectivity index (χ3n) is 4.73. The SMILES string of the molecule is CCNC(=NCc1nc(-c2cccc(Cl)c2)no1)NCC1(CCO)CCOC1.I. The van der Waals surface area contributed by atoms with Gasteiger partial charge in [-0.2, -0.15) is 4.98 Å². The standard InChI is InChI=1S/C19H26ClN5O3.HI/c1-2-21-18(23-12-19(6-8-26)7-9-27-13-19)22-11-16-24-17(25-28-16)14-4-3-5-15(20)10-14;/h3-5,10,26H,2,6-9,11-13H2,1H3,(H2,21,22,23);1H. The van der Waals surface area contributed by atoms with E-state index in [1.807, 2.05) is 19.1 Å². The molecule has 160 valence electrons. The minimum atomic E-state index is -0.0603. The van der Waals surface area contributed by atoms with Gasteiger partial charge in [-0.1, -0.05) is 28.9 Å². The van der Waals surface area contributed by atoms with Crippen LogP contribution in [0.5, 0.6) is 0 Å². The molecule has 3 rings (SSSR count). The van der Waals surface area contributed by atoms with E-state index in [-0.39, 0.29) is 42.5 Å². The van der Waals surface area contributed by atoms with Crippen molar-refractivity contribution in [1.29, 1.82) is 0 Å². The summed E-state index contributed by atoms with van der Waals surface area (Å²) in [6.07, 6.45) is 1.62. The van der Waals surface area contributed by atoms with Crippen LogP contribution >= 0.6 is 35.6 Å². The molecule has 0 aliphatic carbocycles. The molecule has 1 aliphatic rings. The molecule has 0 spiro atoms. The quantitative estimate of drug-likeness (QED) is 0.271. The molecule has 1 unspecified atom stereocenters. The van der Waals surface area contributed by atoms with Crippen LogP contribution in [0.4, 0.5) is 0 Å². The van der Waals surface area contributed by atoms with Crippen molar-refractivity contribution in [2.24, 2.45) is 10.4 Å². The van der Waals surface area contributed by atoms with Crippen LogP contribution in [0.25, 0.3) is 11.4 Å². The number of aliphatic hydroxyl groups excluding tert-OH is 1. The Balaban J connectivity index is 0.00000300. The van der Waals surface area contributed by atoms with Crippen molar-refractivity contribution in [3.63, 3.8) is 0 Å². The van der Waals surface area contributed by atoms with Gasteiger partial charge < -0.3 is 25.0 Å². The maximum atomic E-state index is 9.36. The van der Waals surface area contributed by atoms with Crippen LogP contribution in [0.15, 0.2) is 33.8 Å². The maximum Gasteiger partial charge on any atom is 0.248 e. The minimum absolute atomic E-state index is 0. The van der Waals surface area contributed by atoms with Gasteiger partial charge in [0, 0.05) is 42.3 Å². The number of benzene rings is 1. The fraction of sp³-hybridized carbons (Fsp3) is 0.526. The highest BCUT2D eigenvalue weighted by molar-refractivity contribution is 14.0. The molecular formula is C19H27ClIN5O3. The van der Waals surface area contributed by atoms with E-state index in [0.717, 1.165) is 25.1 Å². The van der Waals surface area contributed by atoms with Crippen LogP contribution in [-0.2, 0) is 11.3 Å². The fourth-order valence-corrected chi connectivity index (χ4v) is 3.33. The van der Waals surface area contributed by atoms with Gasteiger partial charge in [0.05, 0.1) is 6.61 Å². The zero-order chi connectivity index (χ0) is 19.8. The minimum Gasteiger partial charge on any atom is -0.396 e. The molecule has 0 saturated carbocycles. The summed E-state index contributed by atoms with van der Waals surface area (Å²) in [5.41, 5.74) is 0.735. The van der Waals surface area contributed by atoms with E-state index in [9.17, 15) is 5.11 Å². The Labute approximate surface area is 192 Å². The van der Waals surface area contributed by atoms with Gasteiger partial charge in [-0.15, -0.1) is 24.0 Å². The molecular weight excluding hydrogens is 509 g/mol. The number of nitrogens with zero attached hydrogens (tertiary/aromatic N) is 3. The Morgan fingerprint density at radius 3 is 2.93 bits per heavy atom. The highest BCUT2D eigenvalue weighted by Crippen LogP contribution is 2.31. The van der Waals surface area contributed by atoms with Crippen molar-refractivity contribution in [2.45, 2.75) is 26.3 Å². The molecule has 29 heavy (non-hydrogen) atoms. The highest BCUT2D eigenvalue weighted by Gasteiger charge is 2.34. The van der Waals surface area contributed by atoms with Crippen LogP contribution in [-0.4, -0.2) is 54.1 Å². The summed E-state index contributed by atoms with van der Waals surface area (Å²) < 4.78 is 10.8. The van der Waals surface area contributed by atoms with Crippen molar-refractivity contribution in [2.75, 3.05) is 32.9 Å². The van der Waals surface area contributed by atoms with Crippen molar-refractivity contribution in [1.82, 2.24) is 20.8 Å². The van der Waals surface area contributed by atoms with Crippen molar-refractivity contribution in [3.05, 3.63) is 35.2 Å². The predicted octanol–water partition coefficient (Wildman–Crippen LogP) is 2.85. The van der Waals surface area contributed by atoms with E-state index in [1.165, 1.54) is 0 Å². The lowest BCUT2D eigenvalue weighted by atomic mass is 9.84. The second kappa shape index (κ2) is 11.7. The Kier molecular flexibility index (Phi) is 9.60. The molecule has 10 heteroatoms. The maximum absolute atomic E-state index is 9.36. The van der Waals surface area contributed by atoms with E-state index >= 15 is 0 Å². The predicted molar refractivity (Wildman–Crippen MR) is 123 cm³/mol. The van der Waals surface area contributed by atoms with Crippen LogP contribution in [0.1, 0.15) is 25.7 Å². The second-order valence-corrected chi connectivity index (χ2v) is 7.28. The molecule has 3 N–H and O–H groups in total. The van der Waals surface area contributed by atoms with Crippen molar-refractivity contribution in [3.8, 4) is 11.4 Å². The van der Waals surface area contributed by atoms with E-state index in [1.54, 1.807) is 12.1 Å². The lowest BCUT2D eigenvalue weighted by Gasteiger charge is -2.27. The number of hydrogen-bond acceptors (Lipinski definition) is 6. The van der Waals surface area contributed by atoms with E-state index < -0.39 is 0 Å². The molecule has 2 aromatic rings. The Morgan fingerprint density at radius 1 is 1.38 bits per heavy atom. The number of guanidine groups is 1. The normalized spacial score (nSPS) is 19.1. The van der Waals surface area contributed by atoms with Crippen LogP contribution in [0.3, 0.4) is 0 Å². The van der Waals surface area contributed by atoms with E-state index in [4.69, 9.17) is 20.9 Å². The first-order chi connectivity index (χ1) is 13.6. The monoisotopic (exact) mass is 535 g/mol. The first-order valence-corrected chi connectivity index (χ1v) is 9.81. The Morgan fingerprint density at radius 2 is 2.24 bits per heavy atom. The number of nitrogens with one attached hydrogen (secondary N) is 2. The third kappa shape index (κ3) is 6.80. The number of aliphatic hydroxyl groups is 1. The summed E-state index contributed by atoms with van der Waals surface area (Å²) in [4.78, 5) is 8.91. The van der Waals surface area contributed by atoms with Gasteiger partial charge in [-0.25, -0.2) is 4.99 Å². The molecule has 1 aromatic heterocycles. The Hall–Kier alpha value is -1.43. The highest BCUT2D eigenvalue weighted by atomic mass is 127. The molecule has 1 fully saturated rings. The number of halogens is 2.